The fourth-order valence-electron chi connectivity index (χ4n) is 1.83. The highest BCUT2D eigenvalue weighted by Crippen LogP contribution is 2.08. The second-order valence-electron chi connectivity index (χ2n) is 4.91. The monoisotopic (exact) mass is 291 g/mol. The number of hydrogen-bond donors (Lipinski definition) is 2. The zero-order valence-corrected chi connectivity index (χ0v) is 13.1. The first kappa shape index (κ1) is 17.2. The summed E-state index contributed by atoms with van der Waals surface area (Å²) in [5.41, 5.74) is 1.05. The molecule has 0 saturated heterocycles. The highest BCUT2D eigenvalue weighted by molar-refractivity contribution is 5.99. The topological polar surface area (TPSA) is 61.4 Å². The van der Waals surface area contributed by atoms with Crippen LogP contribution < -0.4 is 10.6 Å². The number of rotatable bonds is 8. The summed E-state index contributed by atoms with van der Waals surface area (Å²) in [4.78, 5) is 25.7. The zero-order valence-electron chi connectivity index (χ0n) is 13.1. The first-order valence-corrected chi connectivity index (χ1v) is 7.44. The lowest BCUT2D eigenvalue weighted by molar-refractivity contribution is 0.0802. The summed E-state index contributed by atoms with van der Waals surface area (Å²) in [5, 5.41) is 6.06. The summed E-state index contributed by atoms with van der Waals surface area (Å²) >= 11 is 0. The van der Waals surface area contributed by atoms with Gasteiger partial charge in [0, 0.05) is 37.8 Å². The number of amides is 2. The molecule has 0 atom stereocenters. The van der Waals surface area contributed by atoms with Crippen LogP contribution in [0.1, 0.15) is 41.0 Å². The van der Waals surface area contributed by atoms with Crippen molar-refractivity contribution in [2.24, 2.45) is 0 Å². The highest BCUT2D eigenvalue weighted by atomic mass is 16.2. The summed E-state index contributed by atoms with van der Waals surface area (Å²) < 4.78 is 0. The van der Waals surface area contributed by atoms with E-state index in [1.807, 2.05) is 6.92 Å². The molecule has 0 fully saturated rings. The van der Waals surface area contributed by atoms with Crippen LogP contribution in [0.5, 0.6) is 0 Å². The predicted octanol–water partition coefficient (Wildman–Crippen LogP) is 1.51. The van der Waals surface area contributed by atoms with Crippen LogP contribution in [0.25, 0.3) is 0 Å². The maximum Gasteiger partial charge on any atom is 0.253 e. The Morgan fingerprint density at radius 3 is 2.48 bits per heavy atom. The van der Waals surface area contributed by atoms with E-state index in [0.29, 0.717) is 24.2 Å². The van der Waals surface area contributed by atoms with Crippen molar-refractivity contribution in [3.05, 3.63) is 35.4 Å². The fourth-order valence-corrected chi connectivity index (χ4v) is 1.83. The normalized spacial score (nSPS) is 10.2. The Hall–Kier alpha value is -1.88. The Labute approximate surface area is 126 Å². The Morgan fingerprint density at radius 1 is 1.10 bits per heavy atom. The second kappa shape index (κ2) is 9.13. The largest absolute Gasteiger partial charge is 0.351 e. The number of benzene rings is 1. The van der Waals surface area contributed by atoms with E-state index in [9.17, 15) is 9.59 Å². The van der Waals surface area contributed by atoms with Gasteiger partial charge in [-0.1, -0.05) is 13.0 Å². The summed E-state index contributed by atoms with van der Waals surface area (Å²) in [7, 11) is 1.74. The van der Waals surface area contributed by atoms with E-state index in [2.05, 4.69) is 17.6 Å². The van der Waals surface area contributed by atoms with Crippen molar-refractivity contribution in [1.82, 2.24) is 15.5 Å². The molecule has 0 heterocycles. The third-order valence-electron chi connectivity index (χ3n) is 3.21. The van der Waals surface area contributed by atoms with Gasteiger partial charge in [-0.05, 0) is 38.1 Å². The molecule has 0 saturated carbocycles. The van der Waals surface area contributed by atoms with E-state index in [0.717, 1.165) is 19.5 Å². The van der Waals surface area contributed by atoms with Crippen LogP contribution in [0.2, 0.25) is 0 Å². The van der Waals surface area contributed by atoms with Gasteiger partial charge in [-0.2, -0.15) is 0 Å². The molecule has 0 aromatic heterocycles. The van der Waals surface area contributed by atoms with Crippen molar-refractivity contribution in [2.75, 3.05) is 33.2 Å². The molecule has 116 valence electrons. The van der Waals surface area contributed by atoms with Crippen molar-refractivity contribution >= 4 is 11.8 Å². The fraction of sp³-hybridized carbons (Fsp3) is 0.500. The first-order chi connectivity index (χ1) is 10.1. The van der Waals surface area contributed by atoms with E-state index in [1.54, 1.807) is 36.2 Å². The molecule has 0 bridgehead atoms. The Morgan fingerprint density at radius 2 is 1.81 bits per heavy atom. The number of carbonyl (C=O) groups excluding carboxylic acids is 2. The maximum absolute atomic E-state index is 12.1. The molecular formula is C16H25N3O2. The van der Waals surface area contributed by atoms with Crippen molar-refractivity contribution in [3.8, 4) is 0 Å². The Kier molecular flexibility index (Phi) is 7.46. The van der Waals surface area contributed by atoms with Crippen LogP contribution in [-0.4, -0.2) is 49.9 Å². The van der Waals surface area contributed by atoms with Crippen molar-refractivity contribution < 1.29 is 9.59 Å². The lowest BCUT2D eigenvalue weighted by Crippen LogP contribution is -2.32. The summed E-state index contributed by atoms with van der Waals surface area (Å²) in [6, 6.07) is 6.83. The van der Waals surface area contributed by atoms with Crippen molar-refractivity contribution in [2.45, 2.75) is 20.3 Å². The molecule has 1 aromatic carbocycles. The molecule has 21 heavy (non-hydrogen) atoms. The van der Waals surface area contributed by atoms with E-state index in [-0.39, 0.29) is 11.8 Å². The minimum absolute atomic E-state index is 0.0724. The first-order valence-electron chi connectivity index (χ1n) is 7.44. The van der Waals surface area contributed by atoms with Crippen LogP contribution in [0.15, 0.2) is 24.3 Å². The van der Waals surface area contributed by atoms with E-state index in [1.165, 1.54) is 0 Å². The number of nitrogens with zero attached hydrogens (tertiary/aromatic N) is 1. The molecular weight excluding hydrogens is 266 g/mol. The van der Waals surface area contributed by atoms with Crippen LogP contribution in [0, 0.1) is 0 Å². The van der Waals surface area contributed by atoms with Gasteiger partial charge in [-0.3, -0.25) is 9.59 Å². The lowest BCUT2D eigenvalue weighted by atomic mass is 10.1. The molecule has 0 radical (unpaired) electrons. The molecule has 1 aromatic rings. The van der Waals surface area contributed by atoms with Gasteiger partial charge in [-0.15, -0.1) is 0 Å². The van der Waals surface area contributed by atoms with E-state index < -0.39 is 0 Å². The summed E-state index contributed by atoms with van der Waals surface area (Å²) in [6.07, 6.45) is 1.07. The SMILES string of the molecule is CCCNCCNC(=O)c1cccc(C(=O)N(C)CC)c1. The number of nitrogens with one attached hydrogen (secondary N) is 2. The van der Waals surface area contributed by atoms with Gasteiger partial charge in [0.25, 0.3) is 11.8 Å². The van der Waals surface area contributed by atoms with Crippen molar-refractivity contribution in [3.63, 3.8) is 0 Å². The van der Waals surface area contributed by atoms with Gasteiger partial charge >= 0.3 is 0 Å². The highest BCUT2D eigenvalue weighted by Gasteiger charge is 2.12. The average Bonchev–Trinajstić information content (AvgIpc) is 2.53. The van der Waals surface area contributed by atoms with E-state index >= 15 is 0 Å². The van der Waals surface area contributed by atoms with E-state index in [4.69, 9.17) is 0 Å². The quantitative estimate of drug-likeness (QED) is 0.714. The van der Waals surface area contributed by atoms with Gasteiger partial charge in [-0.25, -0.2) is 0 Å². The Bertz CT molecular complexity index is 474. The molecule has 0 unspecified atom stereocenters. The second-order valence-corrected chi connectivity index (χ2v) is 4.91. The standard InChI is InChI=1S/C16H25N3O2/c1-4-9-17-10-11-18-15(20)13-7-6-8-14(12-13)16(21)19(3)5-2/h6-8,12,17H,4-5,9-11H2,1-3H3,(H,18,20). The van der Waals surface area contributed by atoms with Gasteiger partial charge in [0.1, 0.15) is 0 Å². The summed E-state index contributed by atoms with van der Waals surface area (Å²) in [5.74, 6) is -0.223. The molecule has 0 aliphatic rings. The molecule has 1 rings (SSSR count). The molecule has 0 spiro atoms. The molecule has 2 N–H and O–H groups in total. The molecule has 0 aliphatic carbocycles. The maximum atomic E-state index is 12.1. The van der Waals surface area contributed by atoms with Gasteiger partial charge in [0.2, 0.25) is 0 Å². The molecule has 5 nitrogen and oxygen atoms in total. The summed E-state index contributed by atoms with van der Waals surface area (Å²) in [6.45, 7) is 6.92. The number of carbonyl (C=O) groups is 2. The van der Waals surface area contributed by atoms with Gasteiger partial charge < -0.3 is 15.5 Å². The molecule has 2 amide bonds. The smallest absolute Gasteiger partial charge is 0.253 e. The average molecular weight is 291 g/mol. The van der Waals surface area contributed by atoms with Crippen LogP contribution >= 0.6 is 0 Å². The van der Waals surface area contributed by atoms with Crippen LogP contribution in [-0.2, 0) is 0 Å². The minimum atomic E-state index is -0.151. The van der Waals surface area contributed by atoms with Gasteiger partial charge in [0.05, 0.1) is 0 Å². The van der Waals surface area contributed by atoms with Crippen molar-refractivity contribution in [1.29, 1.82) is 0 Å². The van der Waals surface area contributed by atoms with Crippen LogP contribution in [0.4, 0.5) is 0 Å². The minimum Gasteiger partial charge on any atom is -0.351 e. The van der Waals surface area contributed by atoms with Crippen LogP contribution in [0.3, 0.4) is 0 Å². The third-order valence-corrected chi connectivity index (χ3v) is 3.21. The zero-order chi connectivity index (χ0) is 15.7. The Balaban J connectivity index is 2.59. The lowest BCUT2D eigenvalue weighted by Gasteiger charge is -2.15. The van der Waals surface area contributed by atoms with Gasteiger partial charge in [0.15, 0.2) is 0 Å². The molecule has 5 heteroatoms. The number of hydrogen-bond acceptors (Lipinski definition) is 3. The molecule has 0 aliphatic heterocycles. The third kappa shape index (κ3) is 5.55. The predicted molar refractivity (Wildman–Crippen MR) is 84.6 cm³/mol.